The number of carboxylic acid groups (broad SMARTS) is 1. The molecule has 6 aromatic heterocycles. The number of aliphatic carboxylic acids is 1. The molecular weight excluding hydrogens is 1060 g/mol. The Hall–Kier alpha value is -8.51. The number of anilines is 4. The molecule has 0 spiro atoms. The monoisotopic (exact) mass is 1120 g/mol. The molecule has 1 amide bonds. The van der Waals surface area contributed by atoms with E-state index >= 15 is 0 Å². The summed E-state index contributed by atoms with van der Waals surface area (Å²) in [5.41, 5.74) is 18.9. The maximum Gasteiger partial charge on any atom is 0.490 e. The van der Waals surface area contributed by atoms with Crippen molar-refractivity contribution in [1.82, 2.24) is 39.0 Å². The second-order valence-electron chi connectivity index (χ2n) is 21.3. The molecular formula is C59H63F3N12O8. The van der Waals surface area contributed by atoms with E-state index < -0.39 is 30.1 Å². The summed E-state index contributed by atoms with van der Waals surface area (Å²) in [6.07, 6.45) is 5.01. The first-order valence-electron chi connectivity index (χ1n) is 26.8. The number of nitrogens with zero attached hydrogens (tertiary/aromatic N) is 8. The van der Waals surface area contributed by atoms with Crippen molar-refractivity contribution in [3.05, 3.63) is 139 Å². The third-order valence-corrected chi connectivity index (χ3v) is 15.4. The number of benzene rings is 3. The number of nitrogens with one attached hydrogen (secondary N) is 2. The van der Waals surface area contributed by atoms with E-state index in [9.17, 15) is 28.2 Å². The lowest BCUT2D eigenvalue weighted by Crippen LogP contribution is -2.29. The molecule has 1 aliphatic heterocycles. The number of fused-ring (bicyclic) bond motifs is 5. The van der Waals surface area contributed by atoms with Gasteiger partial charge in [0.2, 0.25) is 5.91 Å². The number of nitrogen functional groups attached to an aromatic ring is 2. The number of nitrogens with two attached hydrogens (primary N) is 2. The SMILES string of the molecule is CC(=O)Nc1ccc2ccc(CC[C@H]3C[C@@H](n4ccc5c(N)ncnc54)[C@H](O)[C@@H]3O)cc2n1.COc1ccc(CNc2ccc3ccc(CC[C@H]4C[C@@H](n5ccc6c(N)ncnc65)[C@@H]5OC(C)(C)O[C@H]45)cc3n2)cc1.O=C(O)C(F)(F)F. The molecule has 9 aromatic rings. The van der Waals surface area contributed by atoms with Gasteiger partial charge in [-0.1, -0.05) is 36.4 Å². The molecule has 8 atom stereocenters. The predicted octanol–water partition coefficient (Wildman–Crippen LogP) is 8.97. The molecule has 0 radical (unpaired) electrons. The largest absolute Gasteiger partial charge is 0.497 e. The van der Waals surface area contributed by atoms with Crippen molar-refractivity contribution in [2.45, 2.75) is 114 Å². The summed E-state index contributed by atoms with van der Waals surface area (Å²) in [6, 6.07) is 32.3. The maximum absolute atomic E-state index is 11.3. The number of aromatic nitrogens is 8. The van der Waals surface area contributed by atoms with Gasteiger partial charge < -0.3 is 60.8 Å². The summed E-state index contributed by atoms with van der Waals surface area (Å²) in [4.78, 5) is 46.7. The van der Waals surface area contributed by atoms with E-state index in [1.54, 1.807) is 13.2 Å². The van der Waals surface area contributed by atoms with Crippen LogP contribution in [0.4, 0.5) is 36.4 Å². The van der Waals surface area contributed by atoms with Crippen molar-refractivity contribution in [1.29, 1.82) is 0 Å². The molecule has 82 heavy (non-hydrogen) atoms. The Kier molecular flexibility index (Phi) is 16.3. The van der Waals surface area contributed by atoms with E-state index in [4.69, 9.17) is 40.6 Å². The van der Waals surface area contributed by atoms with Gasteiger partial charge in [0.15, 0.2) is 5.79 Å². The minimum atomic E-state index is -5.08. The zero-order valence-corrected chi connectivity index (χ0v) is 45.4. The molecule has 23 heteroatoms. The van der Waals surface area contributed by atoms with E-state index in [2.05, 4.69) is 88.8 Å². The standard InChI is InChI=1S/C33H36N6O3.C24H26N6O3.C2HF3O2/c1-33(2)41-29-23(17-27(30(29)42-33)39-15-14-25-31(34)36-19-37-32(25)39)9-5-20-4-8-22-10-13-28(38-26(22)16-20)35-18-21-6-11-24(40-3)12-7-21;1-13(31)28-20-7-6-15-4-2-14(10-18(15)29-20)3-5-16-11-19(22(33)21(16)32)30-9-8-17-23(25)26-12-27-24(17)30;3-2(4,5)1(6)7/h4,6-8,10-16,19,23,27,29-30H,5,9,17-18H2,1-3H3,(H,35,38)(H2,34,36,37);2,4,6-10,12,16,19,21-22,32-33H,3,5,11H2,1H3,(H2,25,26,27)(H,28,29,31);(H,6,7)/t23-,27+,29+,30-;16-,19+,21+,22-;/m00./s1. The van der Waals surface area contributed by atoms with Crippen molar-refractivity contribution in [2.75, 3.05) is 29.2 Å². The summed E-state index contributed by atoms with van der Waals surface area (Å²) in [6.45, 7) is 6.15. The molecule has 0 bridgehead atoms. The van der Waals surface area contributed by atoms with Gasteiger partial charge in [-0.3, -0.25) is 4.79 Å². The van der Waals surface area contributed by atoms with Crippen LogP contribution in [-0.4, -0.2) is 110 Å². The second-order valence-corrected chi connectivity index (χ2v) is 21.3. The van der Waals surface area contributed by atoms with Crippen LogP contribution in [0.3, 0.4) is 0 Å². The molecule has 2 saturated carbocycles. The van der Waals surface area contributed by atoms with Crippen LogP contribution in [0.5, 0.6) is 5.75 Å². The number of halogens is 3. The maximum atomic E-state index is 11.3. The number of hydrogen-bond acceptors (Lipinski definition) is 16. The fraction of sp³-hybridized carbons (Fsp3) is 0.356. The highest BCUT2D eigenvalue weighted by atomic mass is 19.4. The highest BCUT2D eigenvalue weighted by molar-refractivity contribution is 5.90. The van der Waals surface area contributed by atoms with E-state index in [1.165, 1.54) is 30.7 Å². The summed E-state index contributed by atoms with van der Waals surface area (Å²) < 4.78 is 54.0. The fourth-order valence-corrected chi connectivity index (χ4v) is 11.4. The first kappa shape index (κ1) is 56.8. The smallest absolute Gasteiger partial charge is 0.490 e. The molecule has 3 aliphatic rings. The van der Waals surface area contributed by atoms with Gasteiger partial charge in [0.05, 0.1) is 53.2 Å². The Morgan fingerprint density at radius 2 is 1.20 bits per heavy atom. The van der Waals surface area contributed by atoms with E-state index in [-0.39, 0.29) is 36.1 Å². The van der Waals surface area contributed by atoms with E-state index in [0.29, 0.717) is 42.0 Å². The number of aliphatic hydroxyl groups is 2. The number of pyridine rings is 2. The second kappa shape index (κ2) is 23.5. The zero-order valence-electron chi connectivity index (χ0n) is 45.4. The van der Waals surface area contributed by atoms with Crippen molar-refractivity contribution in [2.24, 2.45) is 11.8 Å². The van der Waals surface area contributed by atoms with Crippen LogP contribution >= 0.6 is 0 Å². The number of methoxy groups -OCH3 is 1. The third kappa shape index (κ3) is 12.5. The van der Waals surface area contributed by atoms with Gasteiger partial charge in [0.1, 0.15) is 65.2 Å². The van der Waals surface area contributed by atoms with Crippen LogP contribution in [0.25, 0.3) is 43.9 Å². The van der Waals surface area contributed by atoms with Gasteiger partial charge in [0.25, 0.3) is 0 Å². The highest BCUT2D eigenvalue weighted by Crippen LogP contribution is 2.49. The molecule has 7 heterocycles. The zero-order chi connectivity index (χ0) is 58.0. The van der Waals surface area contributed by atoms with Crippen LogP contribution in [0.1, 0.15) is 75.2 Å². The van der Waals surface area contributed by atoms with Crippen LogP contribution < -0.4 is 26.8 Å². The molecule has 12 rings (SSSR count). The number of carbonyl (C=O) groups is 2. The fourth-order valence-electron chi connectivity index (χ4n) is 11.4. The lowest BCUT2D eigenvalue weighted by Gasteiger charge is -2.24. The summed E-state index contributed by atoms with van der Waals surface area (Å²) >= 11 is 0. The Bertz CT molecular complexity index is 3770. The molecule has 0 unspecified atom stereocenters. The van der Waals surface area contributed by atoms with Gasteiger partial charge in [0, 0.05) is 36.6 Å². The molecule has 20 nitrogen and oxygen atoms in total. The Labute approximate surface area is 468 Å². The molecule has 3 fully saturated rings. The molecule has 428 valence electrons. The lowest BCUT2D eigenvalue weighted by molar-refractivity contribution is -0.192. The van der Waals surface area contributed by atoms with Crippen LogP contribution in [0.2, 0.25) is 0 Å². The first-order valence-corrected chi connectivity index (χ1v) is 26.8. The number of alkyl halides is 3. The molecule has 2 aliphatic carbocycles. The van der Waals surface area contributed by atoms with Crippen molar-refractivity contribution < 1.29 is 52.3 Å². The summed E-state index contributed by atoms with van der Waals surface area (Å²) in [5, 5.41) is 38.5. The van der Waals surface area contributed by atoms with Crippen molar-refractivity contribution >= 4 is 79.0 Å². The van der Waals surface area contributed by atoms with Gasteiger partial charge in [-0.25, -0.2) is 34.7 Å². The summed E-state index contributed by atoms with van der Waals surface area (Å²) in [5.74, 6) is -0.119. The number of hydrogen-bond donors (Lipinski definition) is 7. The molecule has 1 saturated heterocycles. The molecule has 3 aromatic carbocycles. The average molecular weight is 1130 g/mol. The minimum Gasteiger partial charge on any atom is -0.497 e. The third-order valence-electron chi connectivity index (χ3n) is 15.4. The molecule has 9 N–H and O–H groups in total. The minimum absolute atomic E-state index is 0.0222. The number of ether oxygens (including phenoxy) is 3. The van der Waals surface area contributed by atoms with Crippen molar-refractivity contribution in [3.8, 4) is 5.75 Å². The summed E-state index contributed by atoms with van der Waals surface area (Å²) in [7, 11) is 1.68. The van der Waals surface area contributed by atoms with E-state index in [1.807, 2.05) is 73.1 Å². The predicted molar refractivity (Wildman–Crippen MR) is 302 cm³/mol. The van der Waals surface area contributed by atoms with Crippen LogP contribution in [0, 0.1) is 11.8 Å². The number of carbonyl (C=O) groups excluding carboxylic acids is 1. The number of rotatable bonds is 13. The topological polar surface area (TPSA) is 286 Å². The average Bonchev–Trinajstić information content (AvgIpc) is 2.97. The van der Waals surface area contributed by atoms with Gasteiger partial charge in [-0.15, -0.1) is 0 Å². The van der Waals surface area contributed by atoms with Crippen molar-refractivity contribution in [3.63, 3.8) is 0 Å². The van der Waals surface area contributed by atoms with Gasteiger partial charge in [-0.05, 0) is 142 Å². The van der Waals surface area contributed by atoms with Gasteiger partial charge >= 0.3 is 12.1 Å². The first-order chi connectivity index (χ1) is 39.2. The normalized spacial score (nSPS) is 21.9. The number of aliphatic hydroxyl groups excluding tert-OH is 2. The van der Waals surface area contributed by atoms with Crippen LogP contribution in [0.15, 0.2) is 122 Å². The van der Waals surface area contributed by atoms with Crippen LogP contribution in [-0.2, 0) is 38.4 Å². The number of amides is 1. The van der Waals surface area contributed by atoms with Gasteiger partial charge in [-0.2, -0.15) is 13.2 Å². The van der Waals surface area contributed by atoms with E-state index in [0.717, 1.165) is 87.5 Å². The lowest BCUT2D eigenvalue weighted by atomic mass is 9.95. The quantitative estimate of drug-likeness (QED) is 0.0567. The number of aryl methyl sites for hydroxylation is 2. The Morgan fingerprint density at radius 3 is 1.76 bits per heavy atom. The Balaban J connectivity index is 0.000000168. The Morgan fingerprint density at radius 1 is 0.695 bits per heavy atom. The highest BCUT2D eigenvalue weighted by Gasteiger charge is 2.54. The number of carboxylic acids is 1.